The van der Waals surface area contributed by atoms with Gasteiger partial charge < -0.3 is 9.47 Å². The van der Waals surface area contributed by atoms with Crippen molar-refractivity contribution in [2.45, 2.75) is 12.1 Å². The molecule has 1 N–H and O–H groups in total. The molecule has 4 rings (SSSR count). The first-order chi connectivity index (χ1) is 12.2. The molecule has 1 aromatic heterocycles. The molecular formula is C18H15N3O3S. The van der Waals surface area contributed by atoms with Gasteiger partial charge in [-0.3, -0.25) is 9.89 Å². The number of ether oxygens (including phenoxy) is 2. The van der Waals surface area contributed by atoms with E-state index in [0.717, 1.165) is 5.56 Å². The lowest BCUT2D eigenvalue weighted by atomic mass is 10.1. The predicted molar refractivity (Wildman–Crippen MR) is 94.2 cm³/mol. The normalized spacial score (nSPS) is 12.4. The number of rotatable bonds is 5. The number of ketones is 1. The molecule has 0 radical (unpaired) electrons. The molecule has 6 nitrogen and oxygen atoms in total. The Morgan fingerprint density at radius 3 is 2.80 bits per heavy atom. The van der Waals surface area contributed by atoms with Gasteiger partial charge in [-0.2, -0.15) is 0 Å². The summed E-state index contributed by atoms with van der Waals surface area (Å²) in [6, 6.07) is 13.2. The topological polar surface area (TPSA) is 77.1 Å². The molecule has 2 heterocycles. The Labute approximate surface area is 148 Å². The highest BCUT2D eigenvalue weighted by Gasteiger charge is 2.17. The molecule has 0 amide bonds. The molecule has 0 spiro atoms. The molecule has 0 unspecified atom stereocenters. The van der Waals surface area contributed by atoms with Gasteiger partial charge >= 0.3 is 0 Å². The average molecular weight is 353 g/mol. The van der Waals surface area contributed by atoms with Crippen LogP contribution in [0.2, 0.25) is 0 Å². The van der Waals surface area contributed by atoms with E-state index in [1.165, 1.54) is 17.3 Å². The van der Waals surface area contributed by atoms with Crippen molar-refractivity contribution in [2.24, 2.45) is 0 Å². The van der Waals surface area contributed by atoms with Crippen molar-refractivity contribution in [3.8, 4) is 22.9 Å². The summed E-state index contributed by atoms with van der Waals surface area (Å²) < 4.78 is 10.6. The summed E-state index contributed by atoms with van der Waals surface area (Å²) >= 11 is 1.30. The molecule has 126 valence electrons. The fourth-order valence-corrected chi connectivity index (χ4v) is 3.13. The number of aryl methyl sites for hydroxylation is 1. The third kappa shape index (κ3) is 3.36. The molecule has 0 atom stereocenters. The highest BCUT2D eigenvalue weighted by molar-refractivity contribution is 7.99. The van der Waals surface area contributed by atoms with Crippen LogP contribution in [0.3, 0.4) is 0 Å². The number of hydrogen-bond donors (Lipinski definition) is 1. The zero-order chi connectivity index (χ0) is 17.2. The minimum Gasteiger partial charge on any atom is -0.454 e. The van der Waals surface area contributed by atoms with Crippen LogP contribution in [-0.4, -0.2) is 33.5 Å². The minimum absolute atomic E-state index is 0.00927. The van der Waals surface area contributed by atoms with E-state index in [0.29, 0.717) is 28.0 Å². The van der Waals surface area contributed by atoms with Gasteiger partial charge in [-0.1, -0.05) is 41.6 Å². The highest BCUT2D eigenvalue weighted by Crippen LogP contribution is 2.33. The zero-order valence-corrected chi connectivity index (χ0v) is 14.3. The Morgan fingerprint density at radius 1 is 1.16 bits per heavy atom. The third-order valence-corrected chi connectivity index (χ3v) is 4.66. The number of aromatic nitrogens is 3. The number of hydrogen-bond acceptors (Lipinski definition) is 6. The maximum Gasteiger partial charge on any atom is 0.231 e. The summed E-state index contributed by atoms with van der Waals surface area (Å²) in [5, 5.41) is 7.62. The van der Waals surface area contributed by atoms with Crippen LogP contribution in [0.25, 0.3) is 11.4 Å². The van der Waals surface area contributed by atoms with Crippen LogP contribution in [0, 0.1) is 6.92 Å². The van der Waals surface area contributed by atoms with Crippen LogP contribution >= 0.6 is 11.8 Å². The van der Waals surface area contributed by atoms with Crippen molar-refractivity contribution >= 4 is 17.5 Å². The molecule has 1 aliphatic rings. The van der Waals surface area contributed by atoms with E-state index >= 15 is 0 Å². The predicted octanol–water partition coefficient (Wildman–Crippen LogP) is 3.48. The molecule has 0 aliphatic carbocycles. The number of nitrogens with zero attached hydrogens (tertiary/aromatic N) is 2. The van der Waals surface area contributed by atoms with Crippen molar-refractivity contribution in [1.29, 1.82) is 0 Å². The molecule has 25 heavy (non-hydrogen) atoms. The summed E-state index contributed by atoms with van der Waals surface area (Å²) in [7, 11) is 0. The van der Waals surface area contributed by atoms with Crippen LogP contribution in [0.4, 0.5) is 0 Å². The first kappa shape index (κ1) is 15.7. The number of aromatic amines is 1. The largest absolute Gasteiger partial charge is 0.454 e. The van der Waals surface area contributed by atoms with Gasteiger partial charge in [0, 0.05) is 11.1 Å². The average Bonchev–Trinajstić information content (AvgIpc) is 3.29. The van der Waals surface area contributed by atoms with Crippen molar-refractivity contribution < 1.29 is 14.3 Å². The number of fused-ring (bicyclic) bond motifs is 1. The van der Waals surface area contributed by atoms with E-state index in [4.69, 9.17) is 9.47 Å². The number of carbonyl (C=O) groups is 1. The van der Waals surface area contributed by atoms with Gasteiger partial charge in [-0.15, -0.1) is 5.10 Å². The summed E-state index contributed by atoms with van der Waals surface area (Å²) in [6.45, 7) is 2.23. The smallest absolute Gasteiger partial charge is 0.231 e. The quantitative estimate of drug-likeness (QED) is 0.559. The third-order valence-electron chi connectivity index (χ3n) is 3.82. The lowest BCUT2D eigenvalue weighted by molar-refractivity contribution is 0.102. The first-order valence-corrected chi connectivity index (χ1v) is 8.73. The summed E-state index contributed by atoms with van der Waals surface area (Å²) in [4.78, 5) is 16.8. The first-order valence-electron chi connectivity index (χ1n) is 7.74. The molecule has 0 bridgehead atoms. The van der Waals surface area contributed by atoms with Crippen LogP contribution in [-0.2, 0) is 0 Å². The van der Waals surface area contributed by atoms with Gasteiger partial charge in [0.15, 0.2) is 23.1 Å². The Balaban J connectivity index is 1.41. The maximum atomic E-state index is 12.3. The van der Waals surface area contributed by atoms with Crippen molar-refractivity contribution in [1.82, 2.24) is 15.2 Å². The van der Waals surface area contributed by atoms with Crippen molar-refractivity contribution in [2.75, 3.05) is 12.5 Å². The minimum atomic E-state index is -0.00927. The Morgan fingerprint density at radius 2 is 1.96 bits per heavy atom. The van der Waals surface area contributed by atoms with Gasteiger partial charge in [-0.05, 0) is 25.1 Å². The zero-order valence-electron chi connectivity index (χ0n) is 13.5. The van der Waals surface area contributed by atoms with Crippen molar-refractivity contribution in [3.63, 3.8) is 0 Å². The number of H-pyrrole nitrogens is 1. The summed E-state index contributed by atoms with van der Waals surface area (Å²) in [5.41, 5.74) is 2.74. The maximum absolute atomic E-state index is 12.3. The molecule has 1 aliphatic heterocycles. The second-order valence-electron chi connectivity index (χ2n) is 5.61. The van der Waals surface area contributed by atoms with E-state index in [2.05, 4.69) is 15.2 Å². The van der Waals surface area contributed by atoms with Gasteiger partial charge in [-0.25, -0.2) is 4.98 Å². The second-order valence-corrected chi connectivity index (χ2v) is 6.56. The van der Waals surface area contributed by atoms with E-state index in [-0.39, 0.29) is 18.3 Å². The monoisotopic (exact) mass is 353 g/mol. The molecule has 0 saturated carbocycles. The molecule has 2 aromatic carbocycles. The standard InChI is InChI=1S/C18H15N3O3S/c1-11-2-4-12(5-3-11)17-19-18(21-20-17)25-9-14(22)13-6-7-15-16(8-13)24-10-23-15/h2-8H,9-10H2,1H3,(H,19,20,21). The number of Topliss-reactive ketones (excluding diaryl/α,β-unsaturated/α-hetero) is 1. The van der Waals surface area contributed by atoms with Gasteiger partial charge in [0.2, 0.25) is 11.9 Å². The SMILES string of the molecule is Cc1ccc(-c2nc(SCC(=O)c3ccc4c(c3)OCO4)n[nH]2)cc1. The van der Waals surface area contributed by atoms with Crippen LogP contribution in [0.1, 0.15) is 15.9 Å². The van der Waals surface area contributed by atoms with E-state index in [1.54, 1.807) is 18.2 Å². The Kier molecular flexibility index (Phi) is 4.15. The van der Waals surface area contributed by atoms with Crippen molar-refractivity contribution in [3.05, 3.63) is 53.6 Å². The highest BCUT2D eigenvalue weighted by atomic mass is 32.2. The van der Waals surface area contributed by atoms with E-state index < -0.39 is 0 Å². The number of benzene rings is 2. The van der Waals surface area contributed by atoms with E-state index in [1.807, 2.05) is 31.2 Å². The fraction of sp³-hybridized carbons (Fsp3) is 0.167. The van der Waals surface area contributed by atoms with Crippen LogP contribution < -0.4 is 9.47 Å². The molecule has 7 heteroatoms. The van der Waals surface area contributed by atoms with Crippen LogP contribution in [0.5, 0.6) is 11.5 Å². The van der Waals surface area contributed by atoms with Gasteiger partial charge in [0.05, 0.1) is 5.75 Å². The van der Waals surface area contributed by atoms with Gasteiger partial charge in [0.25, 0.3) is 0 Å². The summed E-state index contributed by atoms with van der Waals surface area (Å²) in [5.74, 6) is 2.21. The fourth-order valence-electron chi connectivity index (χ4n) is 2.43. The van der Waals surface area contributed by atoms with Gasteiger partial charge in [0.1, 0.15) is 0 Å². The molecule has 0 fully saturated rings. The lowest BCUT2D eigenvalue weighted by Gasteiger charge is -2.01. The second kappa shape index (κ2) is 6.60. The number of thioether (sulfide) groups is 1. The molecular weight excluding hydrogens is 338 g/mol. The number of carbonyl (C=O) groups excluding carboxylic acids is 1. The number of nitrogens with one attached hydrogen (secondary N) is 1. The van der Waals surface area contributed by atoms with E-state index in [9.17, 15) is 4.79 Å². The Bertz CT molecular complexity index is 922. The lowest BCUT2D eigenvalue weighted by Crippen LogP contribution is -2.02. The summed E-state index contributed by atoms with van der Waals surface area (Å²) in [6.07, 6.45) is 0. The van der Waals surface area contributed by atoms with Crippen LogP contribution in [0.15, 0.2) is 47.6 Å². The molecule has 3 aromatic rings. The molecule has 0 saturated heterocycles. The Hall–Kier alpha value is -2.80.